The molecule has 10 rings (SSSR count). The molecule has 21 unspecified atom stereocenters. The van der Waals surface area contributed by atoms with Crippen molar-refractivity contribution in [2.24, 2.45) is 0 Å². The molecule has 33 heteroatoms. The summed E-state index contributed by atoms with van der Waals surface area (Å²) in [7, 11) is 0. The quantitative estimate of drug-likeness (QED) is 0.0118. The fourth-order valence-electron chi connectivity index (χ4n) is 10.8. The molecule has 5 aromatic carbocycles. The average Bonchev–Trinajstić information content (AvgIpc) is 0.762. The predicted molar refractivity (Wildman–Crippen MR) is 330 cm³/mol. The van der Waals surface area contributed by atoms with Gasteiger partial charge in [-0.1, -0.05) is 30.3 Å². The third kappa shape index (κ3) is 17.3. The van der Waals surface area contributed by atoms with E-state index in [0.29, 0.717) is 11.1 Å². The molecule has 5 aliphatic rings. The van der Waals surface area contributed by atoms with E-state index in [1.807, 2.05) is 0 Å². The van der Waals surface area contributed by atoms with Crippen LogP contribution < -0.4 is 9.47 Å². The van der Waals surface area contributed by atoms with Gasteiger partial charge in [0.25, 0.3) is 11.9 Å². The molecule has 0 spiro atoms. The number of carbonyl (C=O) groups is 3. The summed E-state index contributed by atoms with van der Waals surface area (Å²) in [5, 5.41) is 193. The number of benzene rings is 5. The number of aliphatic hydroxyl groups excluding tert-OH is 12. The van der Waals surface area contributed by atoms with Crippen LogP contribution in [0.5, 0.6) is 51.7 Å². The van der Waals surface area contributed by atoms with Crippen LogP contribution in [0.25, 0.3) is 24.3 Å². The fraction of sp³-hybridized carbons (Fsp3) is 0.379. The Bertz CT molecular complexity index is 3750. The first-order chi connectivity index (χ1) is 47.2. The molecule has 0 saturated carbocycles. The highest BCUT2D eigenvalue weighted by atomic mass is 16.8. The van der Waals surface area contributed by atoms with Gasteiger partial charge in [0, 0.05) is 30.4 Å². The first-order valence-electron chi connectivity index (χ1n) is 30.4. The van der Waals surface area contributed by atoms with Gasteiger partial charge in [0.15, 0.2) is 41.2 Å². The zero-order valence-electron chi connectivity index (χ0n) is 51.4. The second-order valence-corrected chi connectivity index (χ2v) is 23.2. The molecule has 0 aromatic heterocycles. The van der Waals surface area contributed by atoms with Crippen LogP contribution in [0.1, 0.15) is 33.9 Å². The molecule has 5 heterocycles. The highest BCUT2D eigenvalue weighted by Crippen LogP contribution is 2.48. The normalized spacial score (nSPS) is 31.6. The van der Waals surface area contributed by atoms with E-state index in [0.717, 1.165) is 54.6 Å². The van der Waals surface area contributed by atoms with Crippen LogP contribution in [0, 0.1) is 0 Å². The standard InChI is InChI=1S/C66H70O33/c67-24-43-50(77)54(81)58(85)64(95-43)93-41-22-34(70)21-40-35(41)23-42(61(91-40)31-9-14-36(71)37(72)20-31)94-66-62(99-65-60(87)56(83)52(79)45(97-65)26-89-48(75)17-7-29-3-12-33(69)13-4-29)57(84)53(80)46(98-66)27-90-49(76)18-8-30-5-15-39(38(73)19-30)92-63-59(86)55(82)51(78)44(96-63)25-88-47(74)16-6-28-1-10-32(68)11-2-28/h1-23,43-46,50-73,77-87H,24-27H2/p+1. The summed E-state index contributed by atoms with van der Waals surface area (Å²) in [6.45, 7) is -3.17. The topological polar surface area (TPSA) is 530 Å². The van der Waals surface area contributed by atoms with Gasteiger partial charge < -0.3 is 149 Å². The number of aromatic hydroxyl groups is 7. The summed E-state index contributed by atoms with van der Waals surface area (Å²) in [6, 6.07) is 20.8. The van der Waals surface area contributed by atoms with Crippen molar-refractivity contribution in [3.05, 3.63) is 149 Å². The van der Waals surface area contributed by atoms with Crippen LogP contribution in [0.2, 0.25) is 0 Å². The lowest BCUT2D eigenvalue weighted by Crippen LogP contribution is -2.64. The third-order valence-corrected chi connectivity index (χ3v) is 16.3. The Kier molecular flexibility index (Phi) is 23.3. The van der Waals surface area contributed by atoms with Crippen LogP contribution in [-0.4, -0.2) is 264 Å². The summed E-state index contributed by atoms with van der Waals surface area (Å²) in [6.07, 6.45) is -31.6. The van der Waals surface area contributed by atoms with Gasteiger partial charge in [0.2, 0.25) is 18.9 Å². The van der Waals surface area contributed by atoms with E-state index >= 15 is 0 Å². The molecule has 4 fully saturated rings. The second-order valence-electron chi connectivity index (χ2n) is 23.2. The van der Waals surface area contributed by atoms with Gasteiger partial charge in [-0.25, -0.2) is 14.4 Å². The number of hydrogen-bond donors (Lipinski definition) is 18. The van der Waals surface area contributed by atoms with Crippen molar-refractivity contribution in [1.82, 2.24) is 0 Å². The maximum Gasteiger partial charge on any atom is 0.330 e. The van der Waals surface area contributed by atoms with Gasteiger partial charge in [-0.3, -0.25) is 0 Å². The number of rotatable bonds is 22. The van der Waals surface area contributed by atoms with E-state index < -0.39 is 196 Å². The minimum absolute atomic E-state index is 0.00529. The van der Waals surface area contributed by atoms with Crippen molar-refractivity contribution in [3.63, 3.8) is 0 Å². The lowest BCUT2D eigenvalue weighted by molar-refractivity contribution is -0.364. The van der Waals surface area contributed by atoms with E-state index in [1.165, 1.54) is 85.0 Å². The first-order valence-corrected chi connectivity index (χ1v) is 30.4. The van der Waals surface area contributed by atoms with Crippen molar-refractivity contribution in [2.75, 3.05) is 26.4 Å². The van der Waals surface area contributed by atoms with Crippen LogP contribution >= 0.6 is 0 Å². The van der Waals surface area contributed by atoms with Crippen LogP contribution in [-0.2, 0) is 57.0 Å². The molecule has 19 N–H and O–H groups in total. The summed E-state index contributed by atoms with van der Waals surface area (Å²) in [5.74, 6) is -6.50. The Morgan fingerprint density at radius 2 is 0.869 bits per heavy atom. The van der Waals surface area contributed by atoms with Gasteiger partial charge in [-0.15, -0.1) is 0 Å². The van der Waals surface area contributed by atoms with E-state index in [9.17, 15) is 106 Å². The first kappa shape index (κ1) is 72.5. The highest BCUT2D eigenvalue weighted by Gasteiger charge is 2.54. The Morgan fingerprint density at radius 1 is 0.414 bits per heavy atom. The summed E-state index contributed by atoms with van der Waals surface area (Å²) < 4.78 is 67.9. The largest absolute Gasteiger partial charge is 0.571 e. The Hall–Kier alpha value is -9.21. The number of fused-ring (bicyclic) bond motifs is 1. The maximum atomic E-state index is 13.4. The van der Waals surface area contributed by atoms with Gasteiger partial charge in [-0.05, 0) is 89.5 Å². The van der Waals surface area contributed by atoms with Crippen LogP contribution in [0.15, 0.2) is 121 Å². The average molecular weight is 1390 g/mol. The third-order valence-electron chi connectivity index (χ3n) is 16.3. The van der Waals surface area contributed by atoms with Crippen LogP contribution in [0.3, 0.4) is 0 Å². The molecule has 0 amide bonds. The van der Waals surface area contributed by atoms with Gasteiger partial charge in [0.05, 0.1) is 18.2 Å². The molecule has 532 valence electrons. The van der Waals surface area contributed by atoms with Crippen molar-refractivity contribution >= 4 is 42.2 Å². The lowest BCUT2D eigenvalue weighted by atomic mass is 9.97. The lowest BCUT2D eigenvalue weighted by Gasteiger charge is -2.46. The zero-order valence-corrected chi connectivity index (χ0v) is 51.4. The van der Waals surface area contributed by atoms with Crippen LogP contribution in [0.4, 0.5) is 0 Å². The fourth-order valence-corrected chi connectivity index (χ4v) is 10.8. The van der Waals surface area contributed by atoms with E-state index in [1.54, 1.807) is 0 Å². The molecule has 21 atom stereocenters. The van der Waals surface area contributed by atoms with Crippen molar-refractivity contribution in [2.45, 2.75) is 129 Å². The van der Waals surface area contributed by atoms with Crippen molar-refractivity contribution < 1.29 is 163 Å². The number of carbonyl (C=O) groups excluding carboxylic acids is 3. The van der Waals surface area contributed by atoms with Crippen molar-refractivity contribution in [3.8, 4) is 51.7 Å². The number of ether oxygens (including phenoxy) is 12. The minimum Gasteiger partial charge on any atom is -0.571 e. The molecule has 0 radical (unpaired) electrons. The molecule has 33 nitrogen and oxygen atoms in total. The Morgan fingerprint density at radius 3 is 1.38 bits per heavy atom. The predicted octanol–water partition coefficient (Wildman–Crippen LogP) is -1.95. The van der Waals surface area contributed by atoms with Gasteiger partial charge >= 0.3 is 17.9 Å². The highest BCUT2D eigenvalue weighted by molar-refractivity contribution is 5.88. The zero-order chi connectivity index (χ0) is 71.1. The molecule has 4 saturated heterocycles. The SMILES string of the molecule is O=C(C=Cc1ccc(O)cc1)OCC1OC(Oc2ccc(C=CC(=O)OCC3OC(OC4=Cc5c(OC6OC(CO)C(O)C(O)C6O)cc(O)cc5[OH+]C4c4ccc(O)c(O)c4)C(OC4OC(COC(=O)C=Cc5ccc(O)cc5)C(O)C(O)C4O)C(O)C3O)cc2O)C(O)C(O)C1O. The summed E-state index contributed by atoms with van der Waals surface area (Å²) >= 11 is 0. The summed E-state index contributed by atoms with van der Waals surface area (Å²) in [4.78, 5) is 38.7. The molecule has 0 bridgehead atoms. The van der Waals surface area contributed by atoms with E-state index in [2.05, 4.69) is 0 Å². The molecule has 99 heavy (non-hydrogen) atoms. The molecule has 5 aliphatic heterocycles. The number of phenolic OH excluding ortho intramolecular Hbond substituents is 6. The van der Waals surface area contributed by atoms with E-state index in [4.69, 9.17) is 56.8 Å². The van der Waals surface area contributed by atoms with E-state index in [-0.39, 0.29) is 51.2 Å². The maximum absolute atomic E-state index is 13.4. The van der Waals surface area contributed by atoms with Gasteiger partial charge in [-0.2, -0.15) is 0 Å². The van der Waals surface area contributed by atoms with Crippen molar-refractivity contribution in [1.29, 1.82) is 0 Å². The number of esters is 3. The summed E-state index contributed by atoms with van der Waals surface area (Å²) in [5.41, 5.74) is 1.10. The molecule has 0 aliphatic carbocycles. The number of phenols is 6. The molecule has 5 aromatic rings. The van der Waals surface area contributed by atoms with Gasteiger partial charge in [0.1, 0.15) is 140 Å². The number of aliphatic hydroxyl groups is 13. The molecular weight excluding hydrogens is 1320 g/mol. The number of hydrogen-bond acceptors (Lipinski definition) is 32. The Balaban J connectivity index is 0.876. The monoisotopic (exact) mass is 1390 g/mol. The Labute approximate surface area is 559 Å². The smallest absolute Gasteiger partial charge is 0.330 e. The minimum atomic E-state index is -2.23. The second kappa shape index (κ2) is 31.8. The molecular formula is C66H71O33+.